The summed E-state index contributed by atoms with van der Waals surface area (Å²) in [6.45, 7) is 10.2. The molecule has 0 aromatic rings. The quantitative estimate of drug-likeness (QED) is 0.362. The lowest BCUT2D eigenvalue weighted by Crippen LogP contribution is -2.39. The van der Waals surface area contributed by atoms with Crippen LogP contribution in [0.3, 0.4) is 0 Å². The Morgan fingerprint density at radius 3 is 2.86 bits per heavy atom. The van der Waals surface area contributed by atoms with E-state index in [1.165, 1.54) is 5.57 Å². The molecular weight excluding hydrogens is 301 g/mol. The molecule has 0 radical (unpaired) electrons. The maximum Gasteiger partial charge on any atom is 0.0672 e. The van der Waals surface area contributed by atoms with Crippen LogP contribution < -0.4 is 0 Å². The fourth-order valence-corrected chi connectivity index (χ4v) is 3.54. The van der Waals surface area contributed by atoms with Crippen LogP contribution in [0, 0.1) is 35.0 Å². The van der Waals surface area contributed by atoms with Gasteiger partial charge in [-0.1, -0.05) is 30.2 Å². The first-order chi connectivity index (χ1) is 9.86. The molecule has 0 N–H and O–H groups in total. The van der Waals surface area contributed by atoms with Crippen molar-refractivity contribution in [3.63, 3.8) is 0 Å². The third kappa shape index (κ3) is 4.29. The van der Waals surface area contributed by atoms with Crippen LogP contribution in [-0.2, 0) is 0 Å². The van der Waals surface area contributed by atoms with Gasteiger partial charge >= 0.3 is 0 Å². The summed E-state index contributed by atoms with van der Waals surface area (Å²) in [6.07, 6.45) is 10.6. The molecule has 1 nitrogen and oxygen atoms in total. The molecule has 1 rings (SSSR count). The average Bonchev–Trinajstić information content (AvgIpc) is 2.46. The van der Waals surface area contributed by atoms with E-state index in [0.29, 0.717) is 6.42 Å². The number of hydrogen-bond acceptors (Lipinski definition) is 1. The Kier molecular flexibility index (Phi) is 6.86. The summed E-state index contributed by atoms with van der Waals surface area (Å²) < 4.78 is 0. The van der Waals surface area contributed by atoms with Gasteiger partial charge in [0.25, 0.3) is 0 Å². The first-order valence-corrected chi connectivity index (χ1v) is 8.22. The van der Waals surface area contributed by atoms with E-state index in [-0.39, 0.29) is 22.1 Å². The van der Waals surface area contributed by atoms with E-state index in [1.807, 2.05) is 0 Å². The number of rotatable bonds is 6. The van der Waals surface area contributed by atoms with E-state index in [4.69, 9.17) is 34.9 Å². The Bertz CT molecular complexity index is 482. The highest BCUT2D eigenvalue weighted by Crippen LogP contribution is 2.48. The van der Waals surface area contributed by atoms with Gasteiger partial charge in [-0.2, -0.15) is 5.26 Å². The Morgan fingerprint density at radius 1 is 1.62 bits per heavy atom. The predicted molar refractivity (Wildman–Crippen MR) is 91.3 cm³/mol. The van der Waals surface area contributed by atoms with Crippen LogP contribution in [0.1, 0.15) is 45.4 Å². The van der Waals surface area contributed by atoms with Gasteiger partial charge in [0.2, 0.25) is 0 Å². The van der Waals surface area contributed by atoms with Gasteiger partial charge in [-0.3, -0.25) is 0 Å². The van der Waals surface area contributed by atoms with E-state index in [2.05, 4.69) is 32.1 Å². The molecule has 0 saturated heterocycles. The topological polar surface area (TPSA) is 23.8 Å². The minimum atomic E-state index is -0.328. The van der Waals surface area contributed by atoms with Crippen molar-refractivity contribution in [3.8, 4) is 18.4 Å². The number of terminal acetylenes is 1. The molecule has 0 aliphatic heterocycles. The first kappa shape index (κ1) is 18.2. The summed E-state index contributed by atoms with van der Waals surface area (Å²) in [5, 5.41) is 8.40. The summed E-state index contributed by atoms with van der Waals surface area (Å²) in [5.74, 6) is 3.15. The molecule has 0 amide bonds. The maximum atomic E-state index is 8.66. The molecule has 0 bridgehead atoms. The lowest BCUT2D eigenvalue weighted by molar-refractivity contribution is 0.233. The van der Waals surface area contributed by atoms with E-state index in [9.17, 15) is 0 Å². The van der Waals surface area contributed by atoms with Crippen LogP contribution in [0.5, 0.6) is 0 Å². The molecule has 1 unspecified atom stereocenters. The third-order valence-electron chi connectivity index (χ3n) is 4.60. The monoisotopic (exact) mass is 323 g/mol. The van der Waals surface area contributed by atoms with Gasteiger partial charge in [0.15, 0.2) is 0 Å². The summed E-state index contributed by atoms with van der Waals surface area (Å²) in [7, 11) is 0. The summed E-state index contributed by atoms with van der Waals surface area (Å²) in [4.78, 5) is 0. The van der Waals surface area contributed by atoms with Crippen LogP contribution in [0.4, 0.5) is 0 Å². The van der Waals surface area contributed by atoms with Gasteiger partial charge in [-0.25, -0.2) is 0 Å². The molecular formula is C18H23Cl2N. The minimum Gasteiger partial charge on any atom is -0.198 e. The minimum absolute atomic E-state index is 0.000524. The fraction of sp³-hybridized carbons (Fsp3) is 0.611. The highest BCUT2D eigenvalue weighted by atomic mass is 35.5. The Morgan fingerprint density at radius 2 is 2.29 bits per heavy atom. The molecule has 21 heavy (non-hydrogen) atoms. The third-order valence-corrected chi connectivity index (χ3v) is 5.74. The van der Waals surface area contributed by atoms with Gasteiger partial charge < -0.3 is 0 Å². The van der Waals surface area contributed by atoms with Crippen molar-refractivity contribution in [2.24, 2.45) is 11.3 Å². The van der Waals surface area contributed by atoms with Gasteiger partial charge in [0, 0.05) is 0 Å². The number of halogens is 2. The second kappa shape index (κ2) is 7.93. The fourth-order valence-electron chi connectivity index (χ4n) is 3.04. The zero-order valence-corrected chi connectivity index (χ0v) is 14.2. The highest BCUT2D eigenvalue weighted by Gasteiger charge is 2.43. The van der Waals surface area contributed by atoms with E-state index in [1.54, 1.807) is 0 Å². The van der Waals surface area contributed by atoms with Crippen LogP contribution in [-0.4, -0.2) is 10.8 Å². The molecule has 0 spiro atoms. The highest BCUT2D eigenvalue weighted by molar-refractivity contribution is 6.22. The average molecular weight is 324 g/mol. The van der Waals surface area contributed by atoms with Gasteiger partial charge in [0.05, 0.1) is 28.7 Å². The predicted octanol–water partition coefficient (Wildman–Crippen LogP) is 5.45. The molecule has 0 heterocycles. The van der Waals surface area contributed by atoms with Gasteiger partial charge in [-0.15, -0.1) is 29.6 Å². The van der Waals surface area contributed by atoms with Crippen molar-refractivity contribution in [2.75, 3.05) is 0 Å². The second-order valence-corrected chi connectivity index (χ2v) is 7.08. The summed E-state index contributed by atoms with van der Waals surface area (Å²) >= 11 is 12.6. The number of nitriles is 1. The second-order valence-electron chi connectivity index (χ2n) is 6.02. The van der Waals surface area contributed by atoms with Gasteiger partial charge in [-0.05, 0) is 44.9 Å². The summed E-state index contributed by atoms with van der Waals surface area (Å²) in [5.41, 5.74) is 1.80. The molecule has 0 aromatic carbocycles. The number of hydrogen-bond donors (Lipinski definition) is 0. The molecule has 1 saturated carbocycles. The van der Waals surface area contributed by atoms with Gasteiger partial charge in [0.1, 0.15) is 0 Å². The molecule has 1 aliphatic rings. The maximum absolute atomic E-state index is 8.66. The van der Waals surface area contributed by atoms with E-state index >= 15 is 0 Å². The molecule has 114 valence electrons. The van der Waals surface area contributed by atoms with Crippen LogP contribution in [0.2, 0.25) is 0 Å². The molecule has 3 heteroatoms. The molecule has 1 fully saturated rings. The van der Waals surface area contributed by atoms with E-state index in [0.717, 1.165) is 37.7 Å². The lowest BCUT2D eigenvalue weighted by atomic mass is 9.64. The molecule has 4 atom stereocenters. The SMILES string of the molecule is C#C[C@@]1(C)[C@H](CCCC(=C)C(Cl)CC#N)C(=C)CC[C@@H]1Cl. The number of nitrogens with zero attached hydrogens (tertiary/aromatic N) is 1. The number of allylic oxidation sites excluding steroid dienone is 2. The zero-order valence-electron chi connectivity index (χ0n) is 12.7. The standard InChI is InChI=1S/C18H23Cl2N/c1-5-18(4)15(13(2)9-10-17(18)20)8-6-7-14(3)16(19)11-12-21/h1,15-17H,2-3,6-11H2,4H3/t15-,16?,17+,18+/m1/s1. The molecule has 0 aromatic heterocycles. The molecule has 1 aliphatic carbocycles. The Balaban J connectivity index is 2.60. The normalized spacial score (nSPS) is 30.2. The van der Waals surface area contributed by atoms with Crippen LogP contribution >= 0.6 is 23.2 Å². The first-order valence-electron chi connectivity index (χ1n) is 7.35. The smallest absolute Gasteiger partial charge is 0.0672 e. The van der Waals surface area contributed by atoms with Crippen molar-refractivity contribution in [1.29, 1.82) is 5.26 Å². The van der Waals surface area contributed by atoms with Crippen molar-refractivity contribution in [3.05, 3.63) is 24.3 Å². The lowest BCUT2D eigenvalue weighted by Gasteiger charge is -2.43. The van der Waals surface area contributed by atoms with Crippen LogP contribution in [0.15, 0.2) is 24.3 Å². The van der Waals surface area contributed by atoms with Crippen molar-refractivity contribution in [1.82, 2.24) is 0 Å². The van der Waals surface area contributed by atoms with Crippen molar-refractivity contribution >= 4 is 23.2 Å². The largest absolute Gasteiger partial charge is 0.198 e. The Hall–Kier alpha value is -0.890. The zero-order chi connectivity index (χ0) is 16.0. The number of alkyl halides is 2. The Labute approximate surface area is 139 Å². The summed E-state index contributed by atoms with van der Waals surface area (Å²) in [6, 6.07) is 2.07. The van der Waals surface area contributed by atoms with Crippen LogP contribution in [0.25, 0.3) is 0 Å². The van der Waals surface area contributed by atoms with Crippen molar-refractivity contribution in [2.45, 2.75) is 56.2 Å². The van der Waals surface area contributed by atoms with Crippen molar-refractivity contribution < 1.29 is 0 Å². The van der Waals surface area contributed by atoms with E-state index < -0.39 is 0 Å².